The van der Waals surface area contributed by atoms with Gasteiger partial charge in [0.2, 0.25) is 0 Å². The second-order valence-electron chi connectivity index (χ2n) is 6.71. The molecule has 4 rings (SSSR count). The van der Waals surface area contributed by atoms with Crippen molar-refractivity contribution in [3.8, 4) is 18.6 Å². The second-order valence-corrected chi connectivity index (χ2v) is 6.71. The molecule has 3 N–H and O–H groups in total. The summed E-state index contributed by atoms with van der Waals surface area (Å²) in [5.74, 6) is 1.60. The monoisotopic (exact) mass is 378 g/mol. The van der Waals surface area contributed by atoms with Gasteiger partial charge in [0.15, 0.2) is 5.82 Å². The summed E-state index contributed by atoms with van der Waals surface area (Å²) in [5, 5.41) is 7.75. The first-order chi connectivity index (χ1) is 13.7. The third kappa shape index (κ3) is 4.42. The molecule has 0 amide bonds. The minimum absolute atomic E-state index is 0.339. The van der Waals surface area contributed by atoms with Gasteiger partial charge in [-0.15, -0.1) is 12.8 Å². The van der Waals surface area contributed by atoms with Gasteiger partial charge in [0.1, 0.15) is 17.6 Å². The van der Waals surface area contributed by atoms with Crippen LogP contribution in [-0.4, -0.2) is 45.7 Å². The normalized spacial score (nSPS) is 15.0. The Bertz CT molecular complexity index is 927. The highest BCUT2D eigenvalue weighted by molar-refractivity contribution is 5.76. The van der Waals surface area contributed by atoms with Crippen molar-refractivity contribution in [1.29, 1.82) is 0 Å². The summed E-state index contributed by atoms with van der Waals surface area (Å²) in [6, 6.07) is 10.3. The predicted molar refractivity (Wildman–Crippen MR) is 112 cm³/mol. The molecule has 0 saturated carbocycles. The van der Waals surface area contributed by atoms with E-state index < -0.39 is 0 Å². The SMILES string of the molecule is C#C.COc1cccc(Nc2ncnn3ccc(CN4CCC(N)CC4)c23)c1. The molecule has 3 aromatic rings. The maximum absolute atomic E-state index is 6.02. The van der Waals surface area contributed by atoms with Gasteiger partial charge in [0.25, 0.3) is 0 Å². The molecule has 28 heavy (non-hydrogen) atoms. The highest BCUT2D eigenvalue weighted by Gasteiger charge is 2.18. The van der Waals surface area contributed by atoms with Crippen molar-refractivity contribution in [1.82, 2.24) is 19.5 Å². The van der Waals surface area contributed by atoms with Crippen molar-refractivity contribution in [2.75, 3.05) is 25.5 Å². The average molecular weight is 378 g/mol. The van der Waals surface area contributed by atoms with Gasteiger partial charge in [-0.2, -0.15) is 5.10 Å². The Morgan fingerprint density at radius 2 is 2.04 bits per heavy atom. The molecule has 1 saturated heterocycles. The number of nitrogens with two attached hydrogens (primary N) is 1. The van der Waals surface area contributed by atoms with Gasteiger partial charge in [0.05, 0.1) is 7.11 Å². The number of benzene rings is 1. The zero-order valence-electron chi connectivity index (χ0n) is 16.1. The van der Waals surface area contributed by atoms with E-state index in [-0.39, 0.29) is 0 Å². The number of hydrogen-bond donors (Lipinski definition) is 2. The number of nitrogens with zero attached hydrogens (tertiary/aromatic N) is 4. The highest BCUT2D eigenvalue weighted by Crippen LogP contribution is 2.26. The van der Waals surface area contributed by atoms with Gasteiger partial charge in [-0.3, -0.25) is 4.90 Å². The Balaban J connectivity index is 0.00000109. The first kappa shape index (κ1) is 19.7. The predicted octanol–water partition coefficient (Wildman–Crippen LogP) is 2.65. The Hall–Kier alpha value is -3.08. The van der Waals surface area contributed by atoms with Crippen molar-refractivity contribution in [3.05, 3.63) is 48.4 Å². The first-order valence-electron chi connectivity index (χ1n) is 9.26. The van der Waals surface area contributed by atoms with Gasteiger partial charge in [-0.1, -0.05) is 6.07 Å². The highest BCUT2D eigenvalue weighted by atomic mass is 16.5. The van der Waals surface area contributed by atoms with E-state index in [1.807, 2.05) is 35.0 Å². The Morgan fingerprint density at radius 1 is 1.25 bits per heavy atom. The van der Waals surface area contributed by atoms with E-state index in [0.717, 1.165) is 55.2 Å². The lowest BCUT2D eigenvalue weighted by atomic mass is 10.1. The van der Waals surface area contributed by atoms with Crippen LogP contribution in [-0.2, 0) is 6.54 Å². The number of anilines is 2. The molecule has 3 heterocycles. The molecular weight excluding hydrogens is 352 g/mol. The largest absolute Gasteiger partial charge is 0.497 e. The molecule has 0 radical (unpaired) electrons. The summed E-state index contributed by atoms with van der Waals surface area (Å²) in [4.78, 5) is 6.92. The van der Waals surface area contributed by atoms with E-state index >= 15 is 0 Å². The van der Waals surface area contributed by atoms with Crippen LogP contribution in [0.5, 0.6) is 5.75 Å². The van der Waals surface area contributed by atoms with E-state index in [1.54, 1.807) is 13.4 Å². The number of hydrogen-bond acceptors (Lipinski definition) is 6. The summed E-state index contributed by atoms with van der Waals surface area (Å²) < 4.78 is 7.18. The van der Waals surface area contributed by atoms with Crippen LogP contribution < -0.4 is 15.8 Å². The van der Waals surface area contributed by atoms with E-state index in [2.05, 4.69) is 39.2 Å². The van der Waals surface area contributed by atoms with Crippen molar-refractivity contribution < 1.29 is 4.74 Å². The lowest BCUT2D eigenvalue weighted by molar-refractivity contribution is 0.206. The topological polar surface area (TPSA) is 80.7 Å². The number of methoxy groups -OCH3 is 1. The Kier molecular flexibility index (Phi) is 6.48. The van der Waals surface area contributed by atoms with Gasteiger partial charge in [-0.25, -0.2) is 9.50 Å². The van der Waals surface area contributed by atoms with Crippen LogP contribution in [0, 0.1) is 12.8 Å². The minimum Gasteiger partial charge on any atom is -0.497 e. The number of aromatic nitrogens is 3. The number of rotatable bonds is 5. The van der Waals surface area contributed by atoms with Crippen LogP contribution in [0.15, 0.2) is 42.9 Å². The number of nitrogens with one attached hydrogen (secondary N) is 1. The molecule has 0 aliphatic carbocycles. The molecule has 1 fully saturated rings. The average Bonchev–Trinajstić information content (AvgIpc) is 3.15. The molecule has 0 spiro atoms. The van der Waals surface area contributed by atoms with Crippen molar-refractivity contribution in [3.63, 3.8) is 0 Å². The molecule has 0 bridgehead atoms. The molecular formula is C21H26N6O. The van der Waals surface area contributed by atoms with Gasteiger partial charge < -0.3 is 15.8 Å². The van der Waals surface area contributed by atoms with Crippen LogP contribution in [0.3, 0.4) is 0 Å². The lowest BCUT2D eigenvalue weighted by Gasteiger charge is -2.29. The fourth-order valence-electron chi connectivity index (χ4n) is 3.43. The number of likely N-dealkylation sites (tertiary alicyclic amines) is 1. The molecule has 1 aromatic carbocycles. The molecule has 7 heteroatoms. The molecule has 0 atom stereocenters. The van der Waals surface area contributed by atoms with Gasteiger partial charge in [-0.05, 0) is 49.7 Å². The van der Waals surface area contributed by atoms with E-state index in [0.29, 0.717) is 6.04 Å². The molecule has 146 valence electrons. The van der Waals surface area contributed by atoms with Crippen LogP contribution in [0.25, 0.3) is 5.52 Å². The lowest BCUT2D eigenvalue weighted by Crippen LogP contribution is -2.39. The number of terminal acetylenes is 1. The number of ether oxygens (including phenoxy) is 1. The molecule has 0 unspecified atom stereocenters. The maximum Gasteiger partial charge on any atom is 0.158 e. The third-order valence-electron chi connectivity index (χ3n) is 4.90. The molecule has 1 aliphatic rings. The van der Waals surface area contributed by atoms with Gasteiger partial charge >= 0.3 is 0 Å². The number of fused-ring (bicyclic) bond motifs is 1. The fourth-order valence-corrected chi connectivity index (χ4v) is 3.43. The van der Waals surface area contributed by atoms with E-state index in [9.17, 15) is 0 Å². The summed E-state index contributed by atoms with van der Waals surface area (Å²) in [6.07, 6.45) is 13.7. The van der Waals surface area contributed by atoms with Crippen LogP contribution in [0.1, 0.15) is 18.4 Å². The summed E-state index contributed by atoms with van der Waals surface area (Å²) in [6.45, 7) is 2.94. The Labute approximate surface area is 165 Å². The fraction of sp³-hybridized carbons (Fsp3) is 0.333. The zero-order valence-corrected chi connectivity index (χ0v) is 16.1. The van der Waals surface area contributed by atoms with Crippen molar-refractivity contribution >= 4 is 17.0 Å². The standard InChI is InChI=1S/C19H24N6O.C2H2/c1-26-17-4-2-3-16(11-17)23-19-18-14(5-10-25(18)22-13-21-19)12-24-8-6-15(20)7-9-24;1-2/h2-5,10-11,13,15H,6-9,12,20H2,1H3,(H,21,22,23);1-2H. The van der Waals surface area contributed by atoms with Crippen LogP contribution >= 0.6 is 0 Å². The van der Waals surface area contributed by atoms with Crippen LogP contribution in [0.4, 0.5) is 11.5 Å². The Morgan fingerprint density at radius 3 is 2.79 bits per heavy atom. The summed E-state index contributed by atoms with van der Waals surface area (Å²) >= 11 is 0. The molecule has 1 aliphatic heterocycles. The molecule has 2 aromatic heterocycles. The minimum atomic E-state index is 0.339. The van der Waals surface area contributed by atoms with E-state index in [1.165, 1.54) is 5.56 Å². The third-order valence-corrected chi connectivity index (χ3v) is 4.90. The van der Waals surface area contributed by atoms with Crippen molar-refractivity contribution in [2.24, 2.45) is 5.73 Å². The van der Waals surface area contributed by atoms with E-state index in [4.69, 9.17) is 10.5 Å². The smallest absolute Gasteiger partial charge is 0.158 e. The van der Waals surface area contributed by atoms with Crippen LogP contribution in [0.2, 0.25) is 0 Å². The second kappa shape index (κ2) is 9.22. The summed E-state index contributed by atoms with van der Waals surface area (Å²) in [7, 11) is 1.66. The van der Waals surface area contributed by atoms with Gasteiger partial charge in [0, 0.05) is 30.5 Å². The quantitative estimate of drug-likeness (QED) is 0.665. The maximum atomic E-state index is 6.02. The number of piperidine rings is 1. The van der Waals surface area contributed by atoms with Crippen molar-refractivity contribution in [2.45, 2.75) is 25.4 Å². The molecule has 7 nitrogen and oxygen atoms in total. The summed E-state index contributed by atoms with van der Waals surface area (Å²) in [5.41, 5.74) is 9.17. The first-order valence-corrected chi connectivity index (χ1v) is 9.26. The zero-order chi connectivity index (χ0) is 19.9.